The third-order valence-corrected chi connectivity index (χ3v) is 9.58. The van der Waals surface area contributed by atoms with Gasteiger partial charge in [0.05, 0.1) is 12.2 Å². The van der Waals surface area contributed by atoms with E-state index in [1.165, 1.54) is 25.7 Å². The molecule has 0 aliphatic heterocycles. The van der Waals surface area contributed by atoms with Gasteiger partial charge in [0, 0.05) is 19.4 Å². The SMILES string of the molecule is COCC1CC2(C)C(CCC3C2CCC2(C)C3CCC2(C)O)CC1=O. The lowest BCUT2D eigenvalue weighted by Crippen LogP contribution is -2.57. The molecule has 4 fully saturated rings. The van der Waals surface area contributed by atoms with Crippen molar-refractivity contribution in [2.45, 2.75) is 77.7 Å². The molecule has 0 amide bonds. The quantitative estimate of drug-likeness (QED) is 0.812. The number of methoxy groups -OCH3 is 1. The van der Waals surface area contributed by atoms with Gasteiger partial charge in [-0.2, -0.15) is 0 Å². The van der Waals surface area contributed by atoms with Gasteiger partial charge >= 0.3 is 0 Å². The van der Waals surface area contributed by atoms with E-state index in [-0.39, 0.29) is 16.7 Å². The van der Waals surface area contributed by atoms with E-state index in [1.807, 2.05) is 0 Å². The zero-order valence-corrected chi connectivity index (χ0v) is 16.5. The number of carbonyl (C=O) groups is 1. The summed E-state index contributed by atoms with van der Waals surface area (Å²) in [5.41, 5.74) is -0.120. The Balaban J connectivity index is 1.62. The molecule has 0 aromatic heterocycles. The third-order valence-electron chi connectivity index (χ3n) is 9.58. The molecule has 0 saturated heterocycles. The molecule has 0 spiro atoms. The van der Waals surface area contributed by atoms with E-state index in [0.717, 1.165) is 37.5 Å². The van der Waals surface area contributed by atoms with Crippen LogP contribution in [0.25, 0.3) is 0 Å². The molecule has 0 radical (unpaired) electrons. The van der Waals surface area contributed by atoms with E-state index in [0.29, 0.717) is 24.2 Å². The Morgan fingerprint density at radius 1 is 1.08 bits per heavy atom. The lowest BCUT2D eigenvalue weighted by Gasteiger charge is -2.61. The molecule has 4 saturated carbocycles. The fourth-order valence-electron chi connectivity index (χ4n) is 7.84. The van der Waals surface area contributed by atoms with Crippen LogP contribution in [0.2, 0.25) is 0 Å². The van der Waals surface area contributed by atoms with Crippen LogP contribution in [-0.4, -0.2) is 30.2 Å². The molecule has 0 heterocycles. The van der Waals surface area contributed by atoms with Gasteiger partial charge in [-0.15, -0.1) is 0 Å². The maximum atomic E-state index is 12.5. The van der Waals surface area contributed by atoms with Crippen LogP contribution in [-0.2, 0) is 9.53 Å². The van der Waals surface area contributed by atoms with Crippen molar-refractivity contribution in [3.63, 3.8) is 0 Å². The highest BCUT2D eigenvalue weighted by Crippen LogP contribution is 2.68. The zero-order valence-electron chi connectivity index (χ0n) is 16.5. The number of aliphatic hydroxyl groups is 1. The highest BCUT2D eigenvalue weighted by molar-refractivity contribution is 5.82. The zero-order chi connectivity index (χ0) is 18.0. The summed E-state index contributed by atoms with van der Waals surface area (Å²) in [6, 6.07) is 0. The second-order valence-corrected chi connectivity index (χ2v) is 10.5. The molecule has 8 unspecified atom stereocenters. The van der Waals surface area contributed by atoms with Gasteiger partial charge in [-0.3, -0.25) is 4.79 Å². The molecule has 0 bridgehead atoms. The Hall–Kier alpha value is -0.410. The van der Waals surface area contributed by atoms with Gasteiger partial charge in [0.25, 0.3) is 0 Å². The Kier molecular flexibility index (Phi) is 4.16. The number of carbonyl (C=O) groups excluding carboxylic acids is 1. The van der Waals surface area contributed by atoms with Crippen molar-refractivity contribution in [1.82, 2.24) is 0 Å². The number of fused-ring (bicyclic) bond motifs is 5. The Morgan fingerprint density at radius 3 is 2.52 bits per heavy atom. The third kappa shape index (κ3) is 2.41. The van der Waals surface area contributed by atoms with E-state index < -0.39 is 5.60 Å². The predicted octanol–water partition coefficient (Wildman–Crippen LogP) is 4.22. The summed E-state index contributed by atoms with van der Waals surface area (Å²) in [7, 11) is 1.72. The van der Waals surface area contributed by atoms with Crippen molar-refractivity contribution < 1.29 is 14.6 Å². The second kappa shape index (κ2) is 5.79. The molecule has 1 N–H and O–H groups in total. The number of Topliss-reactive ketones (excluding diaryl/α,β-unsaturated/α-hetero) is 1. The van der Waals surface area contributed by atoms with E-state index in [4.69, 9.17) is 4.74 Å². The van der Waals surface area contributed by atoms with Crippen LogP contribution in [0.4, 0.5) is 0 Å². The molecular weight excluding hydrogens is 312 g/mol. The van der Waals surface area contributed by atoms with Crippen molar-refractivity contribution in [3.05, 3.63) is 0 Å². The van der Waals surface area contributed by atoms with Gasteiger partial charge in [-0.05, 0) is 86.4 Å². The van der Waals surface area contributed by atoms with E-state index >= 15 is 0 Å². The highest BCUT2D eigenvalue weighted by atomic mass is 16.5. The van der Waals surface area contributed by atoms with Crippen molar-refractivity contribution in [2.75, 3.05) is 13.7 Å². The first-order valence-corrected chi connectivity index (χ1v) is 10.5. The molecule has 4 aliphatic carbocycles. The average molecular weight is 349 g/mol. The average Bonchev–Trinajstić information content (AvgIpc) is 2.79. The first-order valence-electron chi connectivity index (χ1n) is 10.5. The van der Waals surface area contributed by atoms with Gasteiger partial charge in [0.1, 0.15) is 5.78 Å². The number of hydrogen-bond donors (Lipinski definition) is 1. The summed E-state index contributed by atoms with van der Waals surface area (Å²) in [6.45, 7) is 7.51. The van der Waals surface area contributed by atoms with Crippen molar-refractivity contribution in [2.24, 2.45) is 40.4 Å². The fraction of sp³-hybridized carbons (Fsp3) is 0.955. The molecule has 3 nitrogen and oxygen atoms in total. The largest absolute Gasteiger partial charge is 0.390 e. The maximum absolute atomic E-state index is 12.5. The van der Waals surface area contributed by atoms with E-state index in [9.17, 15) is 9.90 Å². The molecule has 0 aromatic carbocycles. The first kappa shape index (κ1) is 18.0. The Labute approximate surface area is 152 Å². The summed E-state index contributed by atoms with van der Waals surface area (Å²) in [5, 5.41) is 11.0. The van der Waals surface area contributed by atoms with Crippen LogP contribution in [0.1, 0.15) is 72.1 Å². The van der Waals surface area contributed by atoms with Crippen LogP contribution in [0.3, 0.4) is 0 Å². The van der Waals surface area contributed by atoms with Gasteiger partial charge in [-0.25, -0.2) is 0 Å². The second-order valence-electron chi connectivity index (χ2n) is 10.5. The van der Waals surface area contributed by atoms with Gasteiger partial charge < -0.3 is 9.84 Å². The molecule has 4 aliphatic rings. The van der Waals surface area contributed by atoms with Gasteiger partial charge in [-0.1, -0.05) is 13.8 Å². The van der Waals surface area contributed by atoms with Crippen molar-refractivity contribution in [1.29, 1.82) is 0 Å². The Bertz CT molecular complexity index is 555. The minimum absolute atomic E-state index is 0.0911. The molecule has 8 atom stereocenters. The lowest BCUT2D eigenvalue weighted by atomic mass is 9.44. The minimum atomic E-state index is -0.499. The van der Waals surface area contributed by atoms with Crippen LogP contribution in [0.15, 0.2) is 0 Å². The van der Waals surface area contributed by atoms with Gasteiger partial charge in [0.15, 0.2) is 0 Å². The highest BCUT2D eigenvalue weighted by Gasteiger charge is 2.63. The van der Waals surface area contributed by atoms with Crippen LogP contribution in [0, 0.1) is 40.4 Å². The van der Waals surface area contributed by atoms with Crippen LogP contribution in [0.5, 0.6) is 0 Å². The summed E-state index contributed by atoms with van der Waals surface area (Å²) in [6.07, 6.45) is 8.79. The normalized spacial score (nSPS) is 55.4. The summed E-state index contributed by atoms with van der Waals surface area (Å²) in [4.78, 5) is 12.5. The standard InChI is InChI=1S/C22H36O3/c1-20-12-14(13-25-4)19(23)11-15(20)5-6-16-17(20)7-9-21(2)18(16)8-10-22(21,3)24/h14-18,24H,5-13H2,1-4H3. The molecule has 3 heteroatoms. The lowest BCUT2D eigenvalue weighted by molar-refractivity contribution is -0.161. The molecule has 25 heavy (non-hydrogen) atoms. The topological polar surface area (TPSA) is 46.5 Å². The number of ether oxygens (including phenoxy) is 1. The van der Waals surface area contributed by atoms with E-state index in [1.54, 1.807) is 7.11 Å². The van der Waals surface area contributed by atoms with Crippen molar-refractivity contribution >= 4 is 5.78 Å². The fourth-order valence-corrected chi connectivity index (χ4v) is 7.84. The Morgan fingerprint density at radius 2 is 1.80 bits per heavy atom. The maximum Gasteiger partial charge on any atom is 0.138 e. The summed E-state index contributed by atoms with van der Waals surface area (Å²) >= 11 is 0. The minimum Gasteiger partial charge on any atom is -0.390 e. The molecule has 0 aromatic rings. The van der Waals surface area contributed by atoms with E-state index in [2.05, 4.69) is 20.8 Å². The number of ketones is 1. The van der Waals surface area contributed by atoms with Crippen LogP contribution < -0.4 is 0 Å². The molecular formula is C22H36O3. The molecule has 4 rings (SSSR count). The van der Waals surface area contributed by atoms with Gasteiger partial charge in [0.2, 0.25) is 0 Å². The van der Waals surface area contributed by atoms with Crippen molar-refractivity contribution in [3.8, 4) is 0 Å². The summed E-state index contributed by atoms with van der Waals surface area (Å²) < 4.78 is 5.37. The molecule has 142 valence electrons. The first-order chi connectivity index (χ1) is 11.7. The smallest absolute Gasteiger partial charge is 0.138 e. The number of rotatable bonds is 2. The summed E-state index contributed by atoms with van der Waals surface area (Å²) in [5.74, 6) is 3.24. The van der Waals surface area contributed by atoms with Crippen LogP contribution >= 0.6 is 0 Å². The number of hydrogen-bond acceptors (Lipinski definition) is 3. The predicted molar refractivity (Wildman–Crippen MR) is 98.1 cm³/mol. The monoisotopic (exact) mass is 348 g/mol.